The Balaban J connectivity index is 2.45. The molecular weight excluding hydrogens is 176 g/mol. The van der Waals surface area contributed by atoms with E-state index in [9.17, 15) is 0 Å². The molecule has 0 radical (unpaired) electrons. The van der Waals surface area contributed by atoms with E-state index < -0.39 is 0 Å². The van der Waals surface area contributed by atoms with Crippen LogP contribution in [0.1, 0.15) is 6.92 Å². The molecule has 0 fully saturated rings. The lowest BCUT2D eigenvalue weighted by molar-refractivity contribution is 0.198. The number of nitrogens with zero attached hydrogens (tertiary/aromatic N) is 1. The van der Waals surface area contributed by atoms with Crippen LogP contribution in [-0.2, 0) is 0 Å². The van der Waals surface area contributed by atoms with Crippen molar-refractivity contribution in [2.45, 2.75) is 13.0 Å². The third-order valence-electron chi connectivity index (χ3n) is 2.23. The summed E-state index contributed by atoms with van der Waals surface area (Å²) in [5.41, 5.74) is 6.37. The first kappa shape index (κ1) is 10.9. The summed E-state index contributed by atoms with van der Waals surface area (Å²) < 4.78 is 5.59. The second-order valence-electron chi connectivity index (χ2n) is 3.70. The van der Waals surface area contributed by atoms with Crippen LogP contribution < -0.4 is 10.5 Å². The van der Waals surface area contributed by atoms with E-state index in [0.717, 1.165) is 11.4 Å². The fourth-order valence-corrected chi connectivity index (χ4v) is 0.970. The van der Waals surface area contributed by atoms with Crippen molar-refractivity contribution < 1.29 is 4.74 Å². The molecule has 78 valence electrons. The van der Waals surface area contributed by atoms with Gasteiger partial charge in [-0.1, -0.05) is 6.07 Å². The molecular formula is C11H18N2O. The van der Waals surface area contributed by atoms with Crippen molar-refractivity contribution in [3.63, 3.8) is 0 Å². The van der Waals surface area contributed by atoms with Crippen molar-refractivity contribution in [1.29, 1.82) is 0 Å². The van der Waals surface area contributed by atoms with Crippen molar-refractivity contribution >= 4 is 5.69 Å². The third kappa shape index (κ3) is 3.26. The first-order valence-electron chi connectivity index (χ1n) is 4.74. The van der Waals surface area contributed by atoms with E-state index in [2.05, 4.69) is 11.8 Å². The number of benzene rings is 1. The first-order valence-corrected chi connectivity index (χ1v) is 4.74. The van der Waals surface area contributed by atoms with Crippen LogP contribution >= 0.6 is 0 Å². The number of anilines is 1. The molecule has 1 aromatic carbocycles. The summed E-state index contributed by atoms with van der Waals surface area (Å²) in [5.74, 6) is 0.832. The van der Waals surface area contributed by atoms with Gasteiger partial charge in [0, 0.05) is 17.8 Å². The van der Waals surface area contributed by atoms with Gasteiger partial charge in [-0.3, -0.25) is 0 Å². The van der Waals surface area contributed by atoms with Crippen LogP contribution in [0.3, 0.4) is 0 Å². The SMILES string of the molecule is CC(COc1cccc(N)c1)N(C)C. The minimum absolute atomic E-state index is 0.399. The van der Waals surface area contributed by atoms with Crippen LogP contribution in [0, 0.1) is 0 Å². The van der Waals surface area contributed by atoms with E-state index in [1.165, 1.54) is 0 Å². The van der Waals surface area contributed by atoms with Gasteiger partial charge < -0.3 is 15.4 Å². The molecule has 1 aromatic rings. The number of hydrogen-bond donors (Lipinski definition) is 1. The topological polar surface area (TPSA) is 38.5 Å². The van der Waals surface area contributed by atoms with Crippen LogP contribution in [0.5, 0.6) is 5.75 Å². The lowest BCUT2D eigenvalue weighted by Gasteiger charge is -2.19. The Hall–Kier alpha value is -1.22. The van der Waals surface area contributed by atoms with Gasteiger partial charge >= 0.3 is 0 Å². The third-order valence-corrected chi connectivity index (χ3v) is 2.23. The molecule has 0 spiro atoms. The maximum absolute atomic E-state index is 5.63. The molecule has 0 saturated heterocycles. The van der Waals surface area contributed by atoms with Gasteiger partial charge in [-0.25, -0.2) is 0 Å². The van der Waals surface area contributed by atoms with Gasteiger partial charge in [0.15, 0.2) is 0 Å². The number of ether oxygens (including phenoxy) is 1. The lowest BCUT2D eigenvalue weighted by Crippen LogP contribution is -2.30. The molecule has 3 nitrogen and oxygen atoms in total. The van der Waals surface area contributed by atoms with Crippen LogP contribution in [0.2, 0.25) is 0 Å². The van der Waals surface area contributed by atoms with Gasteiger partial charge in [-0.15, -0.1) is 0 Å². The Kier molecular flexibility index (Phi) is 3.77. The molecule has 0 amide bonds. The Morgan fingerprint density at radius 1 is 1.43 bits per heavy atom. The number of rotatable bonds is 4. The van der Waals surface area contributed by atoms with Gasteiger partial charge in [-0.2, -0.15) is 0 Å². The van der Waals surface area contributed by atoms with Crippen molar-refractivity contribution in [3.05, 3.63) is 24.3 Å². The molecule has 0 aliphatic carbocycles. The molecule has 0 aliphatic rings. The molecule has 3 heteroatoms. The summed E-state index contributed by atoms with van der Waals surface area (Å²) in [6.07, 6.45) is 0. The maximum Gasteiger partial charge on any atom is 0.121 e. The molecule has 1 atom stereocenters. The highest BCUT2D eigenvalue weighted by molar-refractivity contribution is 5.43. The average Bonchev–Trinajstić information content (AvgIpc) is 2.14. The Morgan fingerprint density at radius 2 is 2.14 bits per heavy atom. The van der Waals surface area contributed by atoms with Gasteiger partial charge in [0.1, 0.15) is 12.4 Å². The van der Waals surface area contributed by atoms with E-state index in [1.54, 1.807) is 0 Å². The van der Waals surface area contributed by atoms with E-state index in [-0.39, 0.29) is 0 Å². The molecule has 0 bridgehead atoms. The minimum Gasteiger partial charge on any atom is -0.492 e. The van der Waals surface area contributed by atoms with Gasteiger partial charge in [0.05, 0.1) is 0 Å². The monoisotopic (exact) mass is 194 g/mol. The number of hydrogen-bond acceptors (Lipinski definition) is 3. The quantitative estimate of drug-likeness (QED) is 0.740. The molecule has 2 N–H and O–H groups in total. The van der Waals surface area contributed by atoms with Crippen LogP contribution in [0.15, 0.2) is 24.3 Å². The summed E-state index contributed by atoms with van der Waals surface area (Å²) in [4.78, 5) is 2.12. The average molecular weight is 194 g/mol. The predicted molar refractivity (Wildman–Crippen MR) is 59.5 cm³/mol. The van der Waals surface area contributed by atoms with Gasteiger partial charge in [0.2, 0.25) is 0 Å². The zero-order valence-corrected chi connectivity index (χ0v) is 9.03. The van der Waals surface area contributed by atoms with Crippen molar-refractivity contribution in [3.8, 4) is 5.75 Å². The molecule has 1 unspecified atom stereocenters. The van der Waals surface area contributed by atoms with Crippen LogP contribution in [0.25, 0.3) is 0 Å². The molecule has 1 rings (SSSR count). The Bertz CT molecular complexity index is 286. The standard InChI is InChI=1S/C11H18N2O/c1-9(13(2)3)8-14-11-6-4-5-10(12)7-11/h4-7,9H,8,12H2,1-3H3. The van der Waals surface area contributed by atoms with Crippen molar-refractivity contribution in [2.75, 3.05) is 26.4 Å². The van der Waals surface area contributed by atoms with Gasteiger partial charge in [-0.05, 0) is 33.2 Å². The van der Waals surface area contributed by atoms with E-state index in [4.69, 9.17) is 10.5 Å². The van der Waals surface area contributed by atoms with E-state index in [0.29, 0.717) is 12.6 Å². The second kappa shape index (κ2) is 4.86. The first-order chi connectivity index (χ1) is 6.59. The second-order valence-corrected chi connectivity index (χ2v) is 3.70. The highest BCUT2D eigenvalue weighted by Crippen LogP contribution is 2.14. The van der Waals surface area contributed by atoms with E-state index >= 15 is 0 Å². The van der Waals surface area contributed by atoms with Crippen LogP contribution in [0.4, 0.5) is 5.69 Å². The summed E-state index contributed by atoms with van der Waals surface area (Å²) >= 11 is 0. The van der Waals surface area contributed by atoms with Crippen molar-refractivity contribution in [1.82, 2.24) is 4.90 Å². The fourth-order valence-electron chi connectivity index (χ4n) is 0.970. The zero-order valence-electron chi connectivity index (χ0n) is 9.03. The number of likely N-dealkylation sites (N-methyl/N-ethyl adjacent to an activating group) is 1. The number of nitrogen functional groups attached to an aromatic ring is 1. The van der Waals surface area contributed by atoms with Crippen LogP contribution in [-0.4, -0.2) is 31.6 Å². The highest BCUT2D eigenvalue weighted by Gasteiger charge is 2.04. The molecule has 0 aliphatic heterocycles. The summed E-state index contributed by atoms with van der Waals surface area (Å²) in [6, 6.07) is 7.89. The smallest absolute Gasteiger partial charge is 0.121 e. The maximum atomic E-state index is 5.63. The molecule has 0 aromatic heterocycles. The Morgan fingerprint density at radius 3 is 2.71 bits per heavy atom. The molecule has 14 heavy (non-hydrogen) atoms. The molecule has 0 saturated carbocycles. The summed E-state index contributed by atoms with van der Waals surface area (Å²) in [6.45, 7) is 2.79. The highest BCUT2D eigenvalue weighted by atomic mass is 16.5. The predicted octanol–water partition coefficient (Wildman–Crippen LogP) is 1.60. The van der Waals surface area contributed by atoms with E-state index in [1.807, 2.05) is 38.4 Å². The fraction of sp³-hybridized carbons (Fsp3) is 0.455. The summed E-state index contributed by atoms with van der Waals surface area (Å²) in [7, 11) is 4.07. The summed E-state index contributed by atoms with van der Waals surface area (Å²) in [5, 5.41) is 0. The number of nitrogens with two attached hydrogens (primary N) is 1. The Labute approximate surface area is 85.5 Å². The van der Waals surface area contributed by atoms with Gasteiger partial charge in [0.25, 0.3) is 0 Å². The zero-order chi connectivity index (χ0) is 10.6. The normalized spacial score (nSPS) is 12.9. The largest absolute Gasteiger partial charge is 0.492 e. The minimum atomic E-state index is 0.399. The molecule has 0 heterocycles. The lowest BCUT2D eigenvalue weighted by atomic mass is 10.3. The van der Waals surface area contributed by atoms with Crippen molar-refractivity contribution in [2.24, 2.45) is 0 Å².